The second-order valence-electron chi connectivity index (χ2n) is 4.65. The lowest BCUT2D eigenvalue weighted by atomic mass is 10.0. The van der Waals surface area contributed by atoms with Gasteiger partial charge in [0, 0.05) is 25.7 Å². The highest BCUT2D eigenvalue weighted by molar-refractivity contribution is 4.70. The van der Waals surface area contributed by atoms with Crippen LogP contribution in [0.3, 0.4) is 0 Å². The van der Waals surface area contributed by atoms with Gasteiger partial charge in [-0.15, -0.1) is 0 Å². The van der Waals surface area contributed by atoms with Crippen molar-refractivity contribution in [2.75, 3.05) is 40.4 Å². The maximum absolute atomic E-state index is 5.45. The summed E-state index contributed by atoms with van der Waals surface area (Å²) in [5.41, 5.74) is 0. The lowest BCUT2D eigenvalue weighted by Crippen LogP contribution is -2.39. The molecule has 0 aromatic heterocycles. The van der Waals surface area contributed by atoms with Crippen LogP contribution in [0.1, 0.15) is 19.8 Å². The maximum atomic E-state index is 5.45. The van der Waals surface area contributed by atoms with Gasteiger partial charge in [-0.3, -0.25) is 0 Å². The van der Waals surface area contributed by atoms with Crippen LogP contribution in [0.5, 0.6) is 0 Å². The minimum absolute atomic E-state index is 0.576. The molecule has 2 unspecified atom stereocenters. The third-order valence-electron chi connectivity index (χ3n) is 2.65. The van der Waals surface area contributed by atoms with Crippen molar-refractivity contribution < 1.29 is 4.74 Å². The molecular weight excluding hydrogens is 176 g/mol. The molecule has 0 aromatic rings. The van der Waals surface area contributed by atoms with Crippen molar-refractivity contribution in [3.63, 3.8) is 0 Å². The number of nitrogens with one attached hydrogen (secondary N) is 1. The minimum Gasteiger partial charge on any atom is -0.381 e. The molecular formula is C11H24N2O. The highest BCUT2D eigenvalue weighted by Crippen LogP contribution is 2.12. The SMILES string of the molecule is CC(CN(C)C)NCC1CCCOC1. The number of hydrogen-bond acceptors (Lipinski definition) is 3. The molecule has 1 rings (SSSR count). The van der Waals surface area contributed by atoms with E-state index in [0.717, 1.165) is 32.2 Å². The Labute approximate surface area is 87.8 Å². The van der Waals surface area contributed by atoms with Gasteiger partial charge in [0.15, 0.2) is 0 Å². The van der Waals surface area contributed by atoms with Crippen LogP contribution >= 0.6 is 0 Å². The molecule has 14 heavy (non-hydrogen) atoms. The standard InChI is InChI=1S/C11H24N2O/c1-10(8-13(2)3)12-7-11-5-4-6-14-9-11/h10-12H,4-9H2,1-3H3. The van der Waals surface area contributed by atoms with Crippen molar-refractivity contribution in [2.45, 2.75) is 25.8 Å². The number of rotatable bonds is 5. The van der Waals surface area contributed by atoms with Crippen LogP contribution in [-0.2, 0) is 4.74 Å². The van der Waals surface area contributed by atoms with Crippen molar-refractivity contribution in [3.8, 4) is 0 Å². The average Bonchev–Trinajstić information content (AvgIpc) is 2.15. The fourth-order valence-corrected chi connectivity index (χ4v) is 1.95. The van der Waals surface area contributed by atoms with Gasteiger partial charge in [0.05, 0.1) is 6.61 Å². The monoisotopic (exact) mass is 200 g/mol. The molecule has 0 spiro atoms. The summed E-state index contributed by atoms with van der Waals surface area (Å²) in [6.07, 6.45) is 2.55. The molecule has 1 fully saturated rings. The summed E-state index contributed by atoms with van der Waals surface area (Å²) in [4.78, 5) is 2.22. The molecule has 3 heteroatoms. The summed E-state index contributed by atoms with van der Waals surface area (Å²) in [7, 11) is 4.23. The van der Waals surface area contributed by atoms with E-state index in [9.17, 15) is 0 Å². The minimum atomic E-state index is 0.576. The third-order valence-corrected chi connectivity index (χ3v) is 2.65. The van der Waals surface area contributed by atoms with Crippen molar-refractivity contribution in [1.82, 2.24) is 10.2 Å². The quantitative estimate of drug-likeness (QED) is 0.715. The number of ether oxygens (including phenoxy) is 1. The zero-order valence-electron chi connectivity index (χ0n) is 9.75. The molecule has 0 radical (unpaired) electrons. The van der Waals surface area contributed by atoms with Gasteiger partial charge in [0.25, 0.3) is 0 Å². The number of likely N-dealkylation sites (N-methyl/N-ethyl adjacent to an activating group) is 1. The van der Waals surface area contributed by atoms with Crippen LogP contribution in [0.25, 0.3) is 0 Å². The molecule has 0 bridgehead atoms. The summed E-state index contributed by atoms with van der Waals surface area (Å²) in [6, 6.07) is 0.576. The summed E-state index contributed by atoms with van der Waals surface area (Å²) in [5.74, 6) is 0.730. The smallest absolute Gasteiger partial charge is 0.0506 e. The summed E-state index contributed by atoms with van der Waals surface area (Å²) < 4.78 is 5.45. The Morgan fingerprint density at radius 3 is 2.86 bits per heavy atom. The molecule has 0 saturated carbocycles. The van der Waals surface area contributed by atoms with Crippen LogP contribution in [0.4, 0.5) is 0 Å². The molecule has 84 valence electrons. The Hall–Kier alpha value is -0.120. The van der Waals surface area contributed by atoms with Crippen LogP contribution in [0.15, 0.2) is 0 Å². The van der Waals surface area contributed by atoms with E-state index in [2.05, 4.69) is 31.2 Å². The zero-order chi connectivity index (χ0) is 10.4. The van der Waals surface area contributed by atoms with E-state index in [1.54, 1.807) is 0 Å². The van der Waals surface area contributed by atoms with Crippen molar-refractivity contribution in [1.29, 1.82) is 0 Å². The van der Waals surface area contributed by atoms with Gasteiger partial charge in [-0.25, -0.2) is 0 Å². The molecule has 3 nitrogen and oxygen atoms in total. The molecule has 1 heterocycles. The Kier molecular flexibility index (Phi) is 5.45. The molecule has 1 aliphatic heterocycles. The van der Waals surface area contributed by atoms with Crippen molar-refractivity contribution in [2.24, 2.45) is 5.92 Å². The largest absolute Gasteiger partial charge is 0.381 e. The summed E-state index contributed by atoms with van der Waals surface area (Å²) >= 11 is 0. The molecule has 0 aliphatic carbocycles. The molecule has 1 saturated heterocycles. The Morgan fingerprint density at radius 1 is 1.50 bits per heavy atom. The van der Waals surface area contributed by atoms with Crippen LogP contribution < -0.4 is 5.32 Å². The lowest BCUT2D eigenvalue weighted by Gasteiger charge is -2.25. The maximum Gasteiger partial charge on any atom is 0.0506 e. The van der Waals surface area contributed by atoms with Crippen molar-refractivity contribution >= 4 is 0 Å². The Morgan fingerprint density at radius 2 is 2.29 bits per heavy atom. The first kappa shape index (κ1) is 12.0. The van der Waals surface area contributed by atoms with Gasteiger partial charge in [-0.05, 0) is 39.8 Å². The highest BCUT2D eigenvalue weighted by atomic mass is 16.5. The van der Waals surface area contributed by atoms with Gasteiger partial charge in [0.2, 0.25) is 0 Å². The fourth-order valence-electron chi connectivity index (χ4n) is 1.95. The average molecular weight is 200 g/mol. The van der Waals surface area contributed by atoms with E-state index >= 15 is 0 Å². The van der Waals surface area contributed by atoms with E-state index in [1.807, 2.05) is 0 Å². The van der Waals surface area contributed by atoms with Gasteiger partial charge in [-0.1, -0.05) is 0 Å². The van der Waals surface area contributed by atoms with Crippen LogP contribution in [-0.4, -0.2) is 51.3 Å². The fraction of sp³-hybridized carbons (Fsp3) is 1.00. The topological polar surface area (TPSA) is 24.5 Å². The Balaban J connectivity index is 2.06. The van der Waals surface area contributed by atoms with Gasteiger partial charge >= 0.3 is 0 Å². The second kappa shape index (κ2) is 6.38. The lowest BCUT2D eigenvalue weighted by molar-refractivity contribution is 0.0537. The molecule has 2 atom stereocenters. The molecule has 0 aromatic carbocycles. The molecule has 0 amide bonds. The van der Waals surface area contributed by atoms with E-state index < -0.39 is 0 Å². The van der Waals surface area contributed by atoms with E-state index in [-0.39, 0.29) is 0 Å². The van der Waals surface area contributed by atoms with Gasteiger partial charge in [-0.2, -0.15) is 0 Å². The predicted molar refractivity (Wildman–Crippen MR) is 59.6 cm³/mol. The van der Waals surface area contributed by atoms with Crippen LogP contribution in [0.2, 0.25) is 0 Å². The van der Waals surface area contributed by atoms with Crippen LogP contribution in [0, 0.1) is 5.92 Å². The van der Waals surface area contributed by atoms with E-state index in [0.29, 0.717) is 6.04 Å². The first-order valence-electron chi connectivity index (χ1n) is 5.64. The predicted octanol–water partition coefficient (Wildman–Crippen LogP) is 0.953. The van der Waals surface area contributed by atoms with Gasteiger partial charge in [0.1, 0.15) is 0 Å². The number of nitrogens with zero attached hydrogens (tertiary/aromatic N) is 1. The number of hydrogen-bond donors (Lipinski definition) is 1. The van der Waals surface area contributed by atoms with Gasteiger partial charge < -0.3 is 15.0 Å². The molecule has 1 N–H and O–H groups in total. The third kappa shape index (κ3) is 4.94. The Bertz CT molecular complexity index is 144. The van der Waals surface area contributed by atoms with E-state index in [4.69, 9.17) is 4.74 Å². The van der Waals surface area contributed by atoms with E-state index in [1.165, 1.54) is 12.8 Å². The normalized spacial score (nSPS) is 25.3. The highest BCUT2D eigenvalue weighted by Gasteiger charge is 2.14. The first-order chi connectivity index (χ1) is 6.68. The van der Waals surface area contributed by atoms with Crippen molar-refractivity contribution in [3.05, 3.63) is 0 Å². The first-order valence-corrected chi connectivity index (χ1v) is 5.64. The second-order valence-corrected chi connectivity index (χ2v) is 4.65. The summed E-state index contributed by atoms with van der Waals surface area (Å²) in [6.45, 7) is 6.36. The molecule has 1 aliphatic rings. The zero-order valence-corrected chi connectivity index (χ0v) is 9.75. The summed E-state index contributed by atoms with van der Waals surface area (Å²) in [5, 5.41) is 3.56.